The summed E-state index contributed by atoms with van der Waals surface area (Å²) in [5.74, 6) is -3.43. The fraction of sp³-hybridized carbons (Fsp3) is 0.962. The van der Waals surface area contributed by atoms with E-state index in [4.69, 9.17) is 33.2 Å². The highest BCUT2D eigenvalue weighted by molar-refractivity contribution is 5.73. The number of aliphatic hydroxyl groups excluding tert-OH is 12. The third-order valence-corrected chi connectivity index (χ3v) is 8.60. The van der Waals surface area contributed by atoms with E-state index in [1.54, 1.807) is 0 Å². The number of hydrogen-bond donors (Lipinski definition) is 14. The van der Waals surface area contributed by atoms with E-state index in [9.17, 15) is 71.2 Å². The maximum atomic E-state index is 12.1. The molecule has 0 saturated carbocycles. The summed E-state index contributed by atoms with van der Waals surface area (Å²) in [6.07, 6.45) is -30.4. The standard InChI is InChI=1S/C26H45NO21/c1-7(32)27-13-15(35)20(47-25-19(39)16(36)14(34)9(3-28)43-25)11(5-30)44-24(13)48-26(41)2-8(33)23(45-12(26)6-31)46-21-10(4-29)42-22(40)18(38)17(21)37/h8-25,28-31,33-41H,2-6H2,1H3,(H,27,32)/t8?,9?,10?,11?,12?,13?,14-,15+,16-,17+,18?,19?,20+,21+,22?,23-,24-,25-,26-/m0/s1. The normalized spacial score (nSPS) is 50.2. The lowest BCUT2D eigenvalue weighted by molar-refractivity contribution is -0.421. The average molecular weight is 708 g/mol. The smallest absolute Gasteiger partial charge is 0.217 e. The third kappa shape index (κ3) is 8.08. The molecule has 4 rings (SSSR count). The Morgan fingerprint density at radius 3 is 1.81 bits per heavy atom. The Balaban J connectivity index is 1.51. The van der Waals surface area contributed by atoms with Crippen molar-refractivity contribution in [2.75, 3.05) is 26.4 Å². The predicted molar refractivity (Wildman–Crippen MR) is 145 cm³/mol. The van der Waals surface area contributed by atoms with Gasteiger partial charge in [0.05, 0.1) is 26.4 Å². The van der Waals surface area contributed by atoms with Crippen LogP contribution in [0.25, 0.3) is 0 Å². The first-order valence-electron chi connectivity index (χ1n) is 15.1. The Bertz CT molecular complexity index is 1040. The van der Waals surface area contributed by atoms with Crippen LogP contribution in [0.3, 0.4) is 0 Å². The number of amides is 1. The molecule has 1 amide bonds. The molecule has 0 spiro atoms. The molecule has 4 saturated heterocycles. The maximum Gasteiger partial charge on any atom is 0.217 e. The van der Waals surface area contributed by atoms with Crippen molar-refractivity contribution in [1.82, 2.24) is 5.32 Å². The zero-order chi connectivity index (χ0) is 35.7. The van der Waals surface area contributed by atoms with Crippen molar-refractivity contribution >= 4 is 5.91 Å². The molecule has 48 heavy (non-hydrogen) atoms. The van der Waals surface area contributed by atoms with E-state index in [0.29, 0.717) is 0 Å². The van der Waals surface area contributed by atoms with E-state index in [0.717, 1.165) is 6.92 Å². The first-order valence-corrected chi connectivity index (χ1v) is 15.1. The second kappa shape index (κ2) is 16.3. The third-order valence-electron chi connectivity index (χ3n) is 8.60. The lowest BCUT2D eigenvalue weighted by Gasteiger charge is -2.51. The fourth-order valence-electron chi connectivity index (χ4n) is 5.97. The van der Waals surface area contributed by atoms with Gasteiger partial charge in [0.15, 0.2) is 30.9 Å². The average Bonchev–Trinajstić information content (AvgIpc) is 3.04. The summed E-state index contributed by atoms with van der Waals surface area (Å²) in [4.78, 5) is 12.1. The quantitative estimate of drug-likeness (QED) is 0.0886. The molecule has 0 aromatic carbocycles. The molecular formula is C26H45NO21. The monoisotopic (exact) mass is 707 g/mol. The van der Waals surface area contributed by atoms with Crippen molar-refractivity contribution in [2.24, 2.45) is 0 Å². The van der Waals surface area contributed by atoms with Crippen LogP contribution < -0.4 is 5.32 Å². The van der Waals surface area contributed by atoms with Gasteiger partial charge in [-0.05, 0) is 0 Å². The largest absolute Gasteiger partial charge is 0.394 e. The van der Waals surface area contributed by atoms with Crippen molar-refractivity contribution in [2.45, 2.75) is 130 Å². The topological polar surface area (TPSA) is 357 Å². The van der Waals surface area contributed by atoms with Crippen LogP contribution in [-0.4, -0.2) is 215 Å². The first-order chi connectivity index (χ1) is 22.6. The SMILES string of the molecule is CC(=O)NC1[C@H](O[C@@]2(O)CC(O)[C@H](O[C@@H]3C(CO)OC(O)C(O)[C@H]3O)OC2CO)OC(CO)[C@@H](O[C@@H]2OC(CO)[C@H](O)[C@H](O)C2O)[C@@H]1O. The number of rotatable bonds is 11. The Labute approximate surface area is 272 Å². The van der Waals surface area contributed by atoms with Gasteiger partial charge >= 0.3 is 0 Å². The highest BCUT2D eigenvalue weighted by Gasteiger charge is 2.57. The lowest BCUT2D eigenvalue weighted by Crippen LogP contribution is -2.70. The van der Waals surface area contributed by atoms with Gasteiger partial charge < -0.3 is 105 Å². The van der Waals surface area contributed by atoms with Gasteiger partial charge in [0, 0.05) is 13.3 Å². The van der Waals surface area contributed by atoms with Gasteiger partial charge in [-0.25, -0.2) is 0 Å². The van der Waals surface area contributed by atoms with Crippen molar-refractivity contribution < 1.29 is 104 Å². The number of aliphatic hydroxyl groups is 13. The van der Waals surface area contributed by atoms with Crippen LogP contribution in [0.4, 0.5) is 0 Å². The Morgan fingerprint density at radius 1 is 0.667 bits per heavy atom. The molecule has 19 atom stereocenters. The van der Waals surface area contributed by atoms with Crippen LogP contribution >= 0.6 is 0 Å². The Kier molecular flexibility index (Phi) is 13.4. The summed E-state index contributed by atoms with van der Waals surface area (Å²) in [7, 11) is 0. The molecule has 0 aromatic rings. The number of hydrogen-bond acceptors (Lipinski definition) is 21. The van der Waals surface area contributed by atoms with Crippen LogP contribution in [0.2, 0.25) is 0 Å². The van der Waals surface area contributed by atoms with Crippen molar-refractivity contribution in [3.63, 3.8) is 0 Å². The molecular weight excluding hydrogens is 662 g/mol. The van der Waals surface area contributed by atoms with Crippen LogP contribution in [0, 0.1) is 0 Å². The zero-order valence-corrected chi connectivity index (χ0v) is 25.5. The molecule has 0 aliphatic carbocycles. The number of ether oxygens (including phenoxy) is 7. The van der Waals surface area contributed by atoms with E-state index in [-0.39, 0.29) is 0 Å². The molecule has 4 fully saturated rings. The molecule has 0 bridgehead atoms. The summed E-state index contributed by atoms with van der Waals surface area (Å²) >= 11 is 0. The van der Waals surface area contributed by atoms with E-state index >= 15 is 0 Å². The second-order valence-corrected chi connectivity index (χ2v) is 12.0. The van der Waals surface area contributed by atoms with Crippen LogP contribution in [0.15, 0.2) is 0 Å². The minimum atomic E-state index is -2.67. The van der Waals surface area contributed by atoms with Gasteiger partial charge in [0.2, 0.25) is 5.91 Å². The van der Waals surface area contributed by atoms with Gasteiger partial charge in [0.1, 0.15) is 85.4 Å². The number of nitrogens with one attached hydrogen (secondary N) is 1. The lowest BCUT2D eigenvalue weighted by atomic mass is 9.94. The molecule has 0 radical (unpaired) electrons. The first kappa shape index (κ1) is 39.5. The van der Waals surface area contributed by atoms with Crippen LogP contribution in [0.1, 0.15) is 13.3 Å². The second-order valence-electron chi connectivity index (χ2n) is 12.0. The summed E-state index contributed by atoms with van der Waals surface area (Å²) in [6, 6.07) is -1.64. The van der Waals surface area contributed by atoms with Gasteiger partial charge in [-0.1, -0.05) is 0 Å². The molecule has 22 nitrogen and oxygen atoms in total. The Morgan fingerprint density at radius 2 is 1.23 bits per heavy atom. The molecule has 4 aliphatic rings. The number of carbonyl (C=O) groups excluding carboxylic acids is 1. The predicted octanol–water partition coefficient (Wildman–Crippen LogP) is -9.26. The fourth-order valence-corrected chi connectivity index (χ4v) is 5.97. The summed E-state index contributed by atoms with van der Waals surface area (Å²) in [6.45, 7) is -2.47. The van der Waals surface area contributed by atoms with Crippen molar-refractivity contribution in [3.8, 4) is 0 Å². The summed E-state index contributed by atoms with van der Waals surface area (Å²) in [5, 5.41) is 136. The van der Waals surface area contributed by atoms with E-state index in [2.05, 4.69) is 5.32 Å². The molecule has 9 unspecified atom stereocenters. The summed E-state index contributed by atoms with van der Waals surface area (Å²) < 4.78 is 38.3. The minimum Gasteiger partial charge on any atom is -0.394 e. The van der Waals surface area contributed by atoms with Gasteiger partial charge in [-0.2, -0.15) is 0 Å². The number of carbonyl (C=O) groups is 1. The Hall–Kier alpha value is -1.33. The van der Waals surface area contributed by atoms with Gasteiger partial charge in [-0.3, -0.25) is 4.79 Å². The van der Waals surface area contributed by atoms with Crippen LogP contribution in [0.5, 0.6) is 0 Å². The maximum absolute atomic E-state index is 12.1. The molecule has 280 valence electrons. The molecule has 0 aromatic heterocycles. The van der Waals surface area contributed by atoms with Crippen molar-refractivity contribution in [1.29, 1.82) is 0 Å². The highest BCUT2D eigenvalue weighted by atomic mass is 16.8. The zero-order valence-electron chi connectivity index (χ0n) is 25.5. The molecule has 22 heteroatoms. The highest BCUT2D eigenvalue weighted by Crippen LogP contribution is 2.37. The van der Waals surface area contributed by atoms with E-state index in [1.165, 1.54) is 0 Å². The molecule has 14 N–H and O–H groups in total. The summed E-state index contributed by atoms with van der Waals surface area (Å²) in [5.41, 5.74) is 0. The van der Waals surface area contributed by atoms with Gasteiger partial charge in [-0.15, -0.1) is 0 Å². The van der Waals surface area contributed by atoms with Crippen molar-refractivity contribution in [3.05, 3.63) is 0 Å². The molecule has 4 heterocycles. The van der Waals surface area contributed by atoms with Crippen LogP contribution in [-0.2, 0) is 38.0 Å². The van der Waals surface area contributed by atoms with E-state index in [1.807, 2.05) is 0 Å². The van der Waals surface area contributed by atoms with E-state index < -0.39 is 155 Å². The van der Waals surface area contributed by atoms with Gasteiger partial charge in [0.25, 0.3) is 0 Å². The minimum absolute atomic E-state index is 0.761. The molecule has 4 aliphatic heterocycles.